The van der Waals surface area contributed by atoms with Crippen molar-refractivity contribution in [3.8, 4) is 0 Å². The van der Waals surface area contributed by atoms with Crippen LogP contribution < -0.4 is 0 Å². The Balaban J connectivity index is 2.82. The quantitative estimate of drug-likeness (QED) is 0.422. The van der Waals surface area contributed by atoms with Gasteiger partial charge < -0.3 is 0 Å². The second-order valence-electron chi connectivity index (χ2n) is 2.01. The van der Waals surface area contributed by atoms with Gasteiger partial charge in [-0.2, -0.15) is 11.8 Å². The zero-order valence-corrected chi connectivity index (χ0v) is 7.21. The van der Waals surface area contributed by atoms with E-state index in [4.69, 9.17) is 0 Å². The number of hydrogen-bond donors (Lipinski definition) is 0. The standard InChI is InChI=1S/C8H16S/c1-3-4-5-6-7-8-9-2/h4-5H,3,6-8H2,1-2H3/b5-4-. The van der Waals surface area contributed by atoms with E-state index in [1.807, 2.05) is 11.8 Å². The number of hydrogen-bond acceptors (Lipinski definition) is 1. The van der Waals surface area contributed by atoms with Gasteiger partial charge in [0, 0.05) is 0 Å². The first-order valence-corrected chi connectivity index (χ1v) is 4.95. The maximum absolute atomic E-state index is 2.27. The van der Waals surface area contributed by atoms with Crippen LogP contribution >= 0.6 is 11.8 Å². The first-order chi connectivity index (χ1) is 4.41. The van der Waals surface area contributed by atoms with Gasteiger partial charge in [0.25, 0.3) is 0 Å². The van der Waals surface area contributed by atoms with E-state index in [1.165, 1.54) is 25.0 Å². The van der Waals surface area contributed by atoms with E-state index in [1.54, 1.807) is 0 Å². The van der Waals surface area contributed by atoms with Gasteiger partial charge >= 0.3 is 0 Å². The molecule has 9 heavy (non-hydrogen) atoms. The summed E-state index contributed by atoms with van der Waals surface area (Å²) in [6.07, 6.45) is 10.4. The molecule has 0 N–H and O–H groups in total. The van der Waals surface area contributed by atoms with E-state index in [2.05, 4.69) is 25.3 Å². The molecule has 0 aliphatic rings. The van der Waals surface area contributed by atoms with Crippen molar-refractivity contribution in [3.63, 3.8) is 0 Å². The Morgan fingerprint density at radius 2 is 2.11 bits per heavy atom. The number of thioether (sulfide) groups is 1. The Hall–Kier alpha value is 0.0900. The molecule has 0 radical (unpaired) electrons. The Labute approximate surface area is 62.7 Å². The fourth-order valence-electron chi connectivity index (χ4n) is 0.630. The van der Waals surface area contributed by atoms with E-state index < -0.39 is 0 Å². The van der Waals surface area contributed by atoms with E-state index >= 15 is 0 Å². The molecule has 0 amide bonds. The lowest BCUT2D eigenvalue weighted by Crippen LogP contribution is -1.74. The summed E-state index contributed by atoms with van der Waals surface area (Å²) in [5, 5.41) is 0. The number of allylic oxidation sites excluding steroid dienone is 2. The Morgan fingerprint density at radius 1 is 1.33 bits per heavy atom. The highest BCUT2D eigenvalue weighted by Gasteiger charge is 1.79. The third-order valence-corrected chi connectivity index (χ3v) is 1.82. The van der Waals surface area contributed by atoms with Crippen LogP contribution in [0.1, 0.15) is 26.2 Å². The Kier molecular flexibility index (Phi) is 8.17. The van der Waals surface area contributed by atoms with E-state index in [9.17, 15) is 0 Å². The lowest BCUT2D eigenvalue weighted by molar-refractivity contribution is 0.965. The van der Waals surface area contributed by atoms with Crippen LogP contribution in [0.15, 0.2) is 12.2 Å². The minimum Gasteiger partial charge on any atom is -0.165 e. The summed E-state index contributed by atoms with van der Waals surface area (Å²) in [4.78, 5) is 0. The molecule has 0 aromatic carbocycles. The zero-order chi connectivity index (χ0) is 6.95. The maximum Gasteiger partial charge on any atom is -0.00674 e. The van der Waals surface area contributed by atoms with Crippen molar-refractivity contribution < 1.29 is 0 Å². The number of unbranched alkanes of at least 4 members (excludes halogenated alkanes) is 1. The van der Waals surface area contributed by atoms with Crippen LogP contribution in [0, 0.1) is 0 Å². The summed E-state index contributed by atoms with van der Waals surface area (Å²) in [7, 11) is 0. The second-order valence-corrected chi connectivity index (χ2v) is 3.00. The molecule has 0 aromatic heterocycles. The molecule has 0 aliphatic heterocycles. The average Bonchev–Trinajstić information content (AvgIpc) is 1.89. The molecule has 0 spiro atoms. The third kappa shape index (κ3) is 8.09. The lowest BCUT2D eigenvalue weighted by atomic mass is 10.3. The van der Waals surface area contributed by atoms with Crippen LogP contribution in [0.2, 0.25) is 0 Å². The van der Waals surface area contributed by atoms with Gasteiger partial charge in [-0.3, -0.25) is 0 Å². The van der Waals surface area contributed by atoms with Crippen molar-refractivity contribution >= 4 is 11.8 Å². The van der Waals surface area contributed by atoms with Crippen molar-refractivity contribution in [3.05, 3.63) is 12.2 Å². The predicted molar refractivity (Wildman–Crippen MR) is 47.0 cm³/mol. The van der Waals surface area contributed by atoms with Crippen LogP contribution in [0.3, 0.4) is 0 Å². The molecule has 0 atom stereocenters. The van der Waals surface area contributed by atoms with Crippen molar-refractivity contribution in [1.82, 2.24) is 0 Å². The van der Waals surface area contributed by atoms with Gasteiger partial charge in [-0.25, -0.2) is 0 Å². The molecule has 0 saturated heterocycles. The first kappa shape index (κ1) is 9.09. The molecule has 0 unspecified atom stereocenters. The third-order valence-electron chi connectivity index (χ3n) is 1.12. The smallest absolute Gasteiger partial charge is 0.00674 e. The summed E-state index contributed by atoms with van der Waals surface area (Å²) >= 11 is 1.93. The van der Waals surface area contributed by atoms with Gasteiger partial charge in [-0.1, -0.05) is 19.1 Å². The zero-order valence-electron chi connectivity index (χ0n) is 6.39. The largest absolute Gasteiger partial charge is 0.165 e. The molecule has 0 fully saturated rings. The van der Waals surface area contributed by atoms with Gasteiger partial charge in [0.1, 0.15) is 0 Å². The van der Waals surface area contributed by atoms with Crippen LogP contribution in [-0.2, 0) is 0 Å². The molecular weight excluding hydrogens is 128 g/mol. The average molecular weight is 144 g/mol. The van der Waals surface area contributed by atoms with Crippen molar-refractivity contribution in [2.75, 3.05) is 12.0 Å². The fraction of sp³-hybridized carbons (Fsp3) is 0.750. The molecular formula is C8H16S. The predicted octanol–water partition coefficient (Wildman–Crippen LogP) is 3.10. The minimum atomic E-state index is 1.18. The second kappa shape index (κ2) is 8.09. The van der Waals surface area contributed by atoms with Gasteiger partial charge in [-0.05, 0) is 31.3 Å². The molecule has 0 aliphatic carbocycles. The molecule has 0 aromatic rings. The lowest BCUT2D eigenvalue weighted by Gasteiger charge is -1.89. The maximum atomic E-state index is 2.27. The molecule has 54 valence electrons. The van der Waals surface area contributed by atoms with Crippen LogP contribution in [0.5, 0.6) is 0 Å². The van der Waals surface area contributed by atoms with Crippen LogP contribution in [0.25, 0.3) is 0 Å². The van der Waals surface area contributed by atoms with Crippen LogP contribution in [-0.4, -0.2) is 12.0 Å². The molecule has 0 rings (SSSR count). The monoisotopic (exact) mass is 144 g/mol. The van der Waals surface area contributed by atoms with Gasteiger partial charge in [0.2, 0.25) is 0 Å². The van der Waals surface area contributed by atoms with Gasteiger partial charge in [0.05, 0.1) is 0 Å². The molecule has 1 heteroatoms. The topological polar surface area (TPSA) is 0 Å². The summed E-state index contributed by atoms with van der Waals surface area (Å²) < 4.78 is 0. The minimum absolute atomic E-state index is 1.18. The molecule has 0 saturated carbocycles. The van der Waals surface area contributed by atoms with Crippen molar-refractivity contribution in [2.45, 2.75) is 26.2 Å². The Bertz CT molecular complexity index is 67.0. The van der Waals surface area contributed by atoms with Crippen molar-refractivity contribution in [2.24, 2.45) is 0 Å². The summed E-state index contributed by atoms with van der Waals surface area (Å²) in [5.74, 6) is 1.30. The molecule has 0 heterocycles. The molecule has 0 bridgehead atoms. The summed E-state index contributed by atoms with van der Waals surface area (Å²) in [6, 6.07) is 0. The summed E-state index contributed by atoms with van der Waals surface area (Å²) in [5.41, 5.74) is 0. The van der Waals surface area contributed by atoms with E-state index in [0.29, 0.717) is 0 Å². The normalized spacial score (nSPS) is 10.9. The van der Waals surface area contributed by atoms with E-state index in [-0.39, 0.29) is 0 Å². The highest BCUT2D eigenvalue weighted by molar-refractivity contribution is 7.98. The Morgan fingerprint density at radius 3 is 2.67 bits per heavy atom. The highest BCUT2D eigenvalue weighted by atomic mass is 32.2. The fourth-order valence-corrected chi connectivity index (χ4v) is 1.09. The SMILES string of the molecule is CC/C=C\CCCSC. The first-order valence-electron chi connectivity index (χ1n) is 3.55. The number of rotatable bonds is 5. The highest BCUT2D eigenvalue weighted by Crippen LogP contribution is 1.99. The van der Waals surface area contributed by atoms with Gasteiger partial charge in [0.15, 0.2) is 0 Å². The van der Waals surface area contributed by atoms with Crippen LogP contribution in [0.4, 0.5) is 0 Å². The summed E-state index contributed by atoms with van der Waals surface area (Å²) in [6.45, 7) is 2.17. The molecule has 0 nitrogen and oxygen atoms in total. The van der Waals surface area contributed by atoms with Gasteiger partial charge in [-0.15, -0.1) is 0 Å². The van der Waals surface area contributed by atoms with E-state index in [0.717, 1.165) is 0 Å². The van der Waals surface area contributed by atoms with Crippen molar-refractivity contribution in [1.29, 1.82) is 0 Å².